The van der Waals surface area contributed by atoms with Crippen LogP contribution in [0.1, 0.15) is 37.3 Å². The average molecular weight is 291 g/mol. The van der Waals surface area contributed by atoms with E-state index < -0.39 is 11.9 Å². The van der Waals surface area contributed by atoms with Gasteiger partial charge in [-0.2, -0.15) is 0 Å². The molecule has 0 unspecified atom stereocenters. The summed E-state index contributed by atoms with van der Waals surface area (Å²) in [6, 6.07) is 7.42. The molecule has 1 aliphatic heterocycles. The lowest BCUT2D eigenvalue weighted by atomic mass is 9.89. The molecular weight excluding hydrogens is 270 g/mol. The summed E-state index contributed by atoms with van der Waals surface area (Å²) in [6.07, 6.45) is 0.374. The molecule has 1 amide bonds. The third-order valence-electron chi connectivity index (χ3n) is 3.61. The predicted octanol–water partition coefficient (Wildman–Crippen LogP) is 2.01. The van der Waals surface area contributed by atoms with Crippen LogP contribution in [-0.2, 0) is 20.9 Å². The van der Waals surface area contributed by atoms with Gasteiger partial charge in [0.1, 0.15) is 0 Å². The van der Waals surface area contributed by atoms with Crippen LogP contribution in [0, 0.1) is 0 Å². The molecule has 0 fully saturated rings. The lowest BCUT2D eigenvalue weighted by Gasteiger charge is -2.33. The maximum Gasteiger partial charge on any atom is 0.312 e. The van der Waals surface area contributed by atoms with Gasteiger partial charge in [-0.3, -0.25) is 9.59 Å². The number of benzene rings is 1. The SMILES string of the molecule is CC(C)OCCC(=O)N1Cc2ccccc2[C@H](C(=O)O)C1. The summed E-state index contributed by atoms with van der Waals surface area (Å²) in [6.45, 7) is 4.91. The predicted molar refractivity (Wildman–Crippen MR) is 77.9 cm³/mol. The Balaban J connectivity index is 2.07. The summed E-state index contributed by atoms with van der Waals surface area (Å²) in [7, 11) is 0. The van der Waals surface area contributed by atoms with E-state index in [9.17, 15) is 14.7 Å². The molecule has 21 heavy (non-hydrogen) atoms. The Hall–Kier alpha value is -1.88. The van der Waals surface area contributed by atoms with Crippen molar-refractivity contribution < 1.29 is 19.4 Å². The number of carboxylic acid groups (broad SMARTS) is 1. The maximum atomic E-state index is 12.2. The van der Waals surface area contributed by atoms with Gasteiger partial charge in [0, 0.05) is 13.1 Å². The number of rotatable bonds is 5. The van der Waals surface area contributed by atoms with Crippen molar-refractivity contribution in [3.8, 4) is 0 Å². The number of fused-ring (bicyclic) bond motifs is 1. The number of carbonyl (C=O) groups is 2. The molecule has 5 heteroatoms. The molecule has 0 radical (unpaired) electrons. The lowest BCUT2D eigenvalue weighted by Crippen LogP contribution is -2.41. The first kappa shape index (κ1) is 15.5. The largest absolute Gasteiger partial charge is 0.481 e. The number of nitrogens with zero attached hydrogens (tertiary/aromatic N) is 1. The Morgan fingerprint density at radius 3 is 2.76 bits per heavy atom. The molecular formula is C16H21NO4. The molecule has 0 aliphatic carbocycles. The minimum Gasteiger partial charge on any atom is -0.481 e. The van der Waals surface area contributed by atoms with E-state index in [0.29, 0.717) is 13.2 Å². The van der Waals surface area contributed by atoms with Gasteiger partial charge in [0.2, 0.25) is 5.91 Å². The van der Waals surface area contributed by atoms with Crippen LogP contribution in [-0.4, -0.2) is 41.1 Å². The zero-order valence-corrected chi connectivity index (χ0v) is 12.4. The van der Waals surface area contributed by atoms with Gasteiger partial charge in [0.15, 0.2) is 0 Å². The van der Waals surface area contributed by atoms with Crippen LogP contribution in [0.15, 0.2) is 24.3 Å². The highest BCUT2D eigenvalue weighted by Crippen LogP contribution is 2.28. The third kappa shape index (κ3) is 3.82. The van der Waals surface area contributed by atoms with Crippen molar-refractivity contribution in [1.82, 2.24) is 4.90 Å². The van der Waals surface area contributed by atoms with E-state index in [1.54, 1.807) is 4.90 Å². The Labute approximate surface area is 124 Å². The zero-order chi connectivity index (χ0) is 15.4. The topological polar surface area (TPSA) is 66.8 Å². The Bertz CT molecular complexity index is 527. The number of hydrogen-bond donors (Lipinski definition) is 1. The van der Waals surface area contributed by atoms with E-state index in [-0.39, 0.29) is 25.0 Å². The molecule has 1 aromatic carbocycles. The highest BCUT2D eigenvalue weighted by atomic mass is 16.5. The van der Waals surface area contributed by atoms with Crippen molar-refractivity contribution in [3.05, 3.63) is 35.4 Å². The van der Waals surface area contributed by atoms with E-state index >= 15 is 0 Å². The molecule has 5 nitrogen and oxygen atoms in total. The van der Waals surface area contributed by atoms with Crippen LogP contribution < -0.4 is 0 Å². The maximum absolute atomic E-state index is 12.2. The van der Waals surface area contributed by atoms with Crippen LogP contribution in [0.4, 0.5) is 0 Å². The second kappa shape index (κ2) is 6.72. The van der Waals surface area contributed by atoms with Gasteiger partial charge in [-0.1, -0.05) is 24.3 Å². The fourth-order valence-corrected chi connectivity index (χ4v) is 2.55. The van der Waals surface area contributed by atoms with Crippen LogP contribution in [0.25, 0.3) is 0 Å². The molecule has 0 saturated heterocycles. The highest BCUT2D eigenvalue weighted by molar-refractivity contribution is 5.81. The normalized spacial score (nSPS) is 17.7. The smallest absolute Gasteiger partial charge is 0.312 e. The molecule has 1 aliphatic rings. The summed E-state index contributed by atoms with van der Waals surface area (Å²) in [4.78, 5) is 25.3. The van der Waals surface area contributed by atoms with Crippen LogP contribution in [0.2, 0.25) is 0 Å². The molecule has 0 saturated carbocycles. The minimum atomic E-state index is -0.890. The Kier molecular flexibility index (Phi) is 4.96. The molecule has 1 atom stereocenters. The van der Waals surface area contributed by atoms with E-state index in [1.165, 1.54) is 0 Å². The van der Waals surface area contributed by atoms with Crippen molar-refractivity contribution in [2.75, 3.05) is 13.2 Å². The standard InChI is InChI=1S/C16H21NO4/c1-11(2)21-8-7-15(18)17-9-12-5-3-4-6-13(12)14(10-17)16(19)20/h3-6,11,14H,7-10H2,1-2H3,(H,19,20)/t14-/m1/s1. The lowest BCUT2D eigenvalue weighted by molar-refractivity contribution is -0.141. The van der Waals surface area contributed by atoms with Gasteiger partial charge in [-0.05, 0) is 25.0 Å². The summed E-state index contributed by atoms with van der Waals surface area (Å²) < 4.78 is 5.38. The van der Waals surface area contributed by atoms with Crippen LogP contribution in [0.3, 0.4) is 0 Å². The number of carboxylic acids is 1. The van der Waals surface area contributed by atoms with Gasteiger partial charge < -0.3 is 14.7 Å². The van der Waals surface area contributed by atoms with Crippen molar-refractivity contribution in [2.24, 2.45) is 0 Å². The van der Waals surface area contributed by atoms with Gasteiger partial charge in [-0.15, -0.1) is 0 Å². The first-order chi connectivity index (χ1) is 9.99. The van der Waals surface area contributed by atoms with Crippen molar-refractivity contribution >= 4 is 11.9 Å². The molecule has 0 bridgehead atoms. The monoisotopic (exact) mass is 291 g/mol. The second-order valence-electron chi connectivity index (χ2n) is 5.53. The van der Waals surface area contributed by atoms with Gasteiger partial charge in [-0.25, -0.2) is 0 Å². The summed E-state index contributed by atoms with van der Waals surface area (Å²) >= 11 is 0. The van der Waals surface area contributed by atoms with Gasteiger partial charge in [0.05, 0.1) is 25.0 Å². The minimum absolute atomic E-state index is 0.0589. The molecule has 0 spiro atoms. The average Bonchev–Trinajstić information content (AvgIpc) is 2.45. The van der Waals surface area contributed by atoms with Crippen LogP contribution in [0.5, 0.6) is 0 Å². The van der Waals surface area contributed by atoms with Gasteiger partial charge in [0.25, 0.3) is 0 Å². The molecule has 2 rings (SSSR count). The van der Waals surface area contributed by atoms with E-state index in [1.807, 2.05) is 38.1 Å². The van der Waals surface area contributed by atoms with E-state index in [0.717, 1.165) is 11.1 Å². The van der Waals surface area contributed by atoms with Crippen molar-refractivity contribution in [3.63, 3.8) is 0 Å². The van der Waals surface area contributed by atoms with Gasteiger partial charge >= 0.3 is 5.97 Å². The first-order valence-electron chi connectivity index (χ1n) is 7.19. The number of amides is 1. The Morgan fingerprint density at radius 2 is 2.10 bits per heavy atom. The fraction of sp³-hybridized carbons (Fsp3) is 0.500. The summed E-state index contributed by atoms with van der Waals surface area (Å²) in [5, 5.41) is 9.37. The molecule has 0 aromatic heterocycles. The number of carbonyl (C=O) groups excluding carboxylic acids is 1. The molecule has 1 aromatic rings. The fourth-order valence-electron chi connectivity index (χ4n) is 2.55. The number of hydrogen-bond acceptors (Lipinski definition) is 3. The molecule has 114 valence electrons. The quantitative estimate of drug-likeness (QED) is 0.901. The second-order valence-corrected chi connectivity index (χ2v) is 5.53. The summed E-state index contributed by atoms with van der Waals surface area (Å²) in [5.74, 6) is -1.60. The van der Waals surface area contributed by atoms with Crippen molar-refractivity contribution in [2.45, 2.75) is 38.8 Å². The first-order valence-corrected chi connectivity index (χ1v) is 7.19. The zero-order valence-electron chi connectivity index (χ0n) is 12.4. The van der Waals surface area contributed by atoms with Crippen LogP contribution >= 0.6 is 0 Å². The molecule has 1 N–H and O–H groups in total. The van der Waals surface area contributed by atoms with E-state index in [4.69, 9.17) is 4.74 Å². The summed E-state index contributed by atoms with van der Waals surface area (Å²) in [5.41, 5.74) is 1.72. The molecule has 1 heterocycles. The number of aliphatic carboxylic acids is 1. The highest BCUT2D eigenvalue weighted by Gasteiger charge is 2.32. The van der Waals surface area contributed by atoms with Crippen molar-refractivity contribution in [1.29, 1.82) is 0 Å². The number of ether oxygens (including phenoxy) is 1. The third-order valence-corrected chi connectivity index (χ3v) is 3.61. The van der Waals surface area contributed by atoms with E-state index in [2.05, 4.69) is 0 Å². The Morgan fingerprint density at radius 1 is 1.38 bits per heavy atom.